The van der Waals surface area contributed by atoms with E-state index in [2.05, 4.69) is 15.7 Å². The fraction of sp³-hybridized carbons (Fsp3) is 0.125. The second kappa shape index (κ2) is 4.28. The molecule has 82 valence electrons. The molecule has 0 spiro atoms. The van der Waals surface area contributed by atoms with Gasteiger partial charge in [0.2, 0.25) is 10.9 Å². The molecule has 0 bridgehead atoms. The largest absolute Gasteiger partial charge is 0.475 e. The van der Waals surface area contributed by atoms with Gasteiger partial charge in [-0.15, -0.1) is 6.58 Å². The van der Waals surface area contributed by atoms with Crippen LogP contribution in [0.25, 0.3) is 0 Å². The number of carboxylic acid groups (broad SMARTS) is 1. The van der Waals surface area contributed by atoms with E-state index in [1.165, 1.54) is 6.08 Å². The summed E-state index contributed by atoms with van der Waals surface area (Å²) in [5.41, 5.74) is 0. The molecule has 0 unspecified atom stereocenters. The summed E-state index contributed by atoms with van der Waals surface area (Å²) in [6.07, 6.45) is 1.36. The Morgan fingerprint density at radius 3 is 2.73 bits per heavy atom. The lowest BCUT2D eigenvalue weighted by Crippen LogP contribution is -2.23. The Balaban J connectivity index is 2.95. The first-order valence-corrected chi connectivity index (χ1v) is 5.39. The maximum atomic E-state index is 11.4. The van der Waals surface area contributed by atoms with Crippen LogP contribution in [0.3, 0.4) is 0 Å². The maximum absolute atomic E-state index is 11.4. The van der Waals surface area contributed by atoms with Gasteiger partial charge in [-0.2, -0.15) is 0 Å². The van der Waals surface area contributed by atoms with Gasteiger partial charge in [-0.25, -0.2) is 17.9 Å². The van der Waals surface area contributed by atoms with Gasteiger partial charge in [0, 0.05) is 6.54 Å². The van der Waals surface area contributed by atoms with E-state index in [1.807, 2.05) is 0 Å². The quantitative estimate of drug-likeness (QED) is 0.717. The van der Waals surface area contributed by atoms with Crippen LogP contribution < -0.4 is 4.72 Å². The van der Waals surface area contributed by atoms with Crippen LogP contribution in [-0.4, -0.2) is 26.0 Å². The van der Waals surface area contributed by atoms with Crippen molar-refractivity contribution in [2.24, 2.45) is 0 Å². The van der Waals surface area contributed by atoms with Crippen molar-refractivity contribution in [3.8, 4) is 0 Å². The molecular formula is C8H9NO5S. The molecule has 1 aromatic heterocycles. The van der Waals surface area contributed by atoms with Crippen molar-refractivity contribution < 1.29 is 22.7 Å². The fourth-order valence-corrected chi connectivity index (χ4v) is 1.75. The standard InChI is InChI=1S/C8H9NO5S/c1-2-5-9-15(12,13)7-4-3-6(14-7)8(10)11/h2-4,9H,1,5H2,(H,10,11). The molecule has 0 saturated carbocycles. The predicted molar refractivity (Wildman–Crippen MR) is 51.1 cm³/mol. The Hall–Kier alpha value is -1.60. The summed E-state index contributed by atoms with van der Waals surface area (Å²) in [6, 6.07) is 2.15. The zero-order valence-corrected chi connectivity index (χ0v) is 8.45. The van der Waals surface area contributed by atoms with E-state index >= 15 is 0 Å². The van der Waals surface area contributed by atoms with Gasteiger partial charge in [0.1, 0.15) is 0 Å². The van der Waals surface area contributed by atoms with Crippen molar-refractivity contribution in [3.63, 3.8) is 0 Å². The molecule has 0 aliphatic rings. The lowest BCUT2D eigenvalue weighted by atomic mass is 10.5. The van der Waals surface area contributed by atoms with Gasteiger partial charge in [-0.05, 0) is 12.1 Å². The van der Waals surface area contributed by atoms with Crippen molar-refractivity contribution in [2.75, 3.05) is 6.54 Å². The Labute approximate surface area is 86.3 Å². The molecule has 0 amide bonds. The van der Waals surface area contributed by atoms with E-state index in [1.54, 1.807) is 0 Å². The molecule has 0 aliphatic carbocycles. The van der Waals surface area contributed by atoms with Gasteiger partial charge in [-0.1, -0.05) is 6.08 Å². The number of rotatable bonds is 5. The van der Waals surface area contributed by atoms with Gasteiger partial charge in [0.05, 0.1) is 0 Å². The lowest BCUT2D eigenvalue weighted by molar-refractivity contribution is 0.0656. The highest BCUT2D eigenvalue weighted by molar-refractivity contribution is 7.89. The molecule has 7 heteroatoms. The van der Waals surface area contributed by atoms with E-state index in [0.717, 1.165) is 12.1 Å². The molecule has 0 aliphatic heterocycles. The van der Waals surface area contributed by atoms with Gasteiger partial charge in [0.15, 0.2) is 0 Å². The summed E-state index contributed by atoms with van der Waals surface area (Å²) in [5.74, 6) is -1.74. The SMILES string of the molecule is C=CCNS(=O)(=O)c1ccc(C(=O)O)o1. The molecule has 15 heavy (non-hydrogen) atoms. The zero-order chi connectivity index (χ0) is 11.5. The summed E-state index contributed by atoms with van der Waals surface area (Å²) < 4.78 is 29.5. The summed E-state index contributed by atoms with van der Waals surface area (Å²) >= 11 is 0. The van der Waals surface area contributed by atoms with Crippen molar-refractivity contribution in [3.05, 3.63) is 30.5 Å². The summed E-state index contributed by atoms with van der Waals surface area (Å²) in [7, 11) is -3.79. The van der Waals surface area contributed by atoms with Crippen molar-refractivity contribution >= 4 is 16.0 Å². The van der Waals surface area contributed by atoms with Gasteiger partial charge in [-0.3, -0.25) is 0 Å². The first-order valence-electron chi connectivity index (χ1n) is 3.91. The highest BCUT2D eigenvalue weighted by Crippen LogP contribution is 2.13. The molecule has 0 atom stereocenters. The molecule has 1 rings (SSSR count). The molecule has 1 aromatic rings. The Bertz CT molecular complexity index is 473. The normalized spacial score (nSPS) is 11.2. The smallest absolute Gasteiger partial charge is 0.371 e. The molecular weight excluding hydrogens is 222 g/mol. The van der Waals surface area contributed by atoms with Gasteiger partial charge in [0.25, 0.3) is 10.0 Å². The number of sulfonamides is 1. The van der Waals surface area contributed by atoms with E-state index in [4.69, 9.17) is 5.11 Å². The van der Waals surface area contributed by atoms with E-state index < -0.39 is 26.8 Å². The minimum absolute atomic E-state index is 0.0471. The van der Waals surface area contributed by atoms with Crippen LogP contribution >= 0.6 is 0 Å². The Morgan fingerprint density at radius 1 is 1.60 bits per heavy atom. The van der Waals surface area contributed by atoms with E-state index in [-0.39, 0.29) is 6.54 Å². The first kappa shape index (κ1) is 11.5. The van der Waals surface area contributed by atoms with Crippen LogP contribution in [0.2, 0.25) is 0 Å². The molecule has 0 fully saturated rings. The molecule has 0 aromatic carbocycles. The lowest BCUT2D eigenvalue weighted by Gasteiger charge is -1.99. The fourth-order valence-electron chi connectivity index (χ4n) is 0.819. The minimum Gasteiger partial charge on any atom is -0.475 e. The van der Waals surface area contributed by atoms with Crippen LogP contribution in [0.4, 0.5) is 0 Å². The van der Waals surface area contributed by atoms with E-state index in [0.29, 0.717) is 0 Å². The maximum Gasteiger partial charge on any atom is 0.371 e. The van der Waals surface area contributed by atoms with Gasteiger partial charge >= 0.3 is 5.97 Å². The summed E-state index contributed by atoms with van der Waals surface area (Å²) in [5, 5.41) is 8.09. The van der Waals surface area contributed by atoms with Crippen molar-refractivity contribution in [1.29, 1.82) is 0 Å². The highest BCUT2D eigenvalue weighted by atomic mass is 32.2. The number of hydrogen-bond acceptors (Lipinski definition) is 4. The van der Waals surface area contributed by atoms with Crippen molar-refractivity contribution in [2.45, 2.75) is 5.09 Å². The second-order valence-electron chi connectivity index (χ2n) is 2.56. The van der Waals surface area contributed by atoms with Crippen LogP contribution in [0.1, 0.15) is 10.6 Å². The Kier molecular flexibility index (Phi) is 3.28. The number of aromatic carboxylic acids is 1. The minimum atomic E-state index is -3.79. The highest BCUT2D eigenvalue weighted by Gasteiger charge is 2.19. The van der Waals surface area contributed by atoms with Crippen LogP contribution in [0, 0.1) is 0 Å². The zero-order valence-electron chi connectivity index (χ0n) is 7.63. The predicted octanol–water partition coefficient (Wildman–Crippen LogP) is 0.442. The number of nitrogens with one attached hydrogen (secondary N) is 1. The number of furan rings is 1. The summed E-state index contributed by atoms with van der Waals surface area (Å²) in [4.78, 5) is 10.4. The van der Waals surface area contributed by atoms with Crippen molar-refractivity contribution in [1.82, 2.24) is 4.72 Å². The third kappa shape index (κ3) is 2.67. The second-order valence-corrected chi connectivity index (χ2v) is 4.26. The average Bonchev–Trinajstić information content (AvgIpc) is 2.64. The topological polar surface area (TPSA) is 96.6 Å². The molecule has 0 radical (unpaired) electrons. The molecule has 2 N–H and O–H groups in total. The first-order chi connectivity index (χ1) is 6.97. The molecule has 1 heterocycles. The van der Waals surface area contributed by atoms with Crippen LogP contribution in [0.15, 0.2) is 34.3 Å². The van der Waals surface area contributed by atoms with Crippen LogP contribution in [-0.2, 0) is 10.0 Å². The number of carboxylic acids is 1. The third-order valence-electron chi connectivity index (χ3n) is 1.47. The average molecular weight is 231 g/mol. The van der Waals surface area contributed by atoms with Crippen LogP contribution in [0.5, 0.6) is 0 Å². The van der Waals surface area contributed by atoms with Gasteiger partial charge < -0.3 is 9.52 Å². The van der Waals surface area contributed by atoms with E-state index in [9.17, 15) is 13.2 Å². The monoisotopic (exact) mass is 231 g/mol. The Morgan fingerprint density at radius 2 is 2.27 bits per heavy atom. The number of hydrogen-bond donors (Lipinski definition) is 2. The molecule has 6 nitrogen and oxygen atoms in total. The summed E-state index contributed by atoms with van der Waals surface area (Å²) in [6.45, 7) is 3.39. The molecule has 0 saturated heterocycles. The number of carbonyl (C=O) groups is 1. The third-order valence-corrected chi connectivity index (χ3v) is 2.77.